The predicted molar refractivity (Wildman–Crippen MR) is 96.6 cm³/mol. The fourth-order valence-corrected chi connectivity index (χ4v) is 5.60. The van der Waals surface area contributed by atoms with Gasteiger partial charge in [-0.3, -0.25) is 14.3 Å². The van der Waals surface area contributed by atoms with Crippen LogP contribution in [0.5, 0.6) is 0 Å². The van der Waals surface area contributed by atoms with Crippen molar-refractivity contribution in [2.45, 2.75) is 26.5 Å². The second kappa shape index (κ2) is 8.36. The number of hydrogen-bond donors (Lipinski definition) is 6. The average Bonchev–Trinajstić information content (AvgIpc) is 2.79. The Labute approximate surface area is 162 Å². The number of H-pyrrole nitrogens is 1. The van der Waals surface area contributed by atoms with Crippen molar-refractivity contribution >= 4 is 40.4 Å². The summed E-state index contributed by atoms with van der Waals surface area (Å²) in [6, 6.07) is 0. The fraction of sp³-hybridized carbons (Fsp3) is 0.500. The van der Waals surface area contributed by atoms with E-state index in [0.29, 0.717) is 5.82 Å². The Kier molecular flexibility index (Phi) is 6.87. The number of aromatic nitrogens is 4. The van der Waals surface area contributed by atoms with E-state index < -0.39 is 41.3 Å². The maximum absolute atomic E-state index is 11.9. The summed E-state index contributed by atoms with van der Waals surface area (Å²) in [6.45, 7) is 3.03. The van der Waals surface area contributed by atoms with Gasteiger partial charge in [-0.2, -0.15) is 9.29 Å². The Morgan fingerprint density at radius 2 is 1.79 bits per heavy atom. The number of aromatic amines is 1. The number of rotatable bonds is 9. The molecule has 0 spiro atoms. The normalized spacial score (nSPS) is 17.7. The molecule has 0 aromatic carbocycles. The lowest BCUT2D eigenvalue weighted by Crippen LogP contribution is -2.19. The molecule has 3 atom stereocenters. The van der Waals surface area contributed by atoms with Gasteiger partial charge in [0, 0.05) is 0 Å². The average molecular weight is 477 g/mol. The Balaban J connectivity index is 2.07. The third-order valence-corrected chi connectivity index (χ3v) is 7.21. The van der Waals surface area contributed by atoms with E-state index in [4.69, 9.17) is 25.2 Å². The maximum Gasteiger partial charge on any atom is 0.488 e. The largest absolute Gasteiger partial charge is 0.488 e. The van der Waals surface area contributed by atoms with E-state index in [1.807, 2.05) is 0 Å². The SMILES string of the molecule is Cc1nc2c(=O)[nH]c(N)nc2n1CC(C)OCP(=O)(O)OP(=O)(O)OP(=O)(O)O. The Hall–Kier alpha value is -1.44. The van der Waals surface area contributed by atoms with E-state index in [1.165, 1.54) is 11.5 Å². The van der Waals surface area contributed by atoms with Gasteiger partial charge >= 0.3 is 23.2 Å². The lowest BCUT2D eigenvalue weighted by Gasteiger charge is -2.19. The molecule has 0 aliphatic heterocycles. The first kappa shape index (κ1) is 23.8. The zero-order valence-corrected chi connectivity index (χ0v) is 17.6. The van der Waals surface area contributed by atoms with Gasteiger partial charge in [0.1, 0.15) is 12.2 Å². The van der Waals surface area contributed by atoms with Gasteiger partial charge in [0.05, 0.1) is 12.6 Å². The van der Waals surface area contributed by atoms with E-state index in [2.05, 4.69) is 23.6 Å². The van der Waals surface area contributed by atoms with E-state index in [0.717, 1.165) is 0 Å². The number of aryl methyl sites for hydroxylation is 1. The van der Waals surface area contributed by atoms with E-state index >= 15 is 0 Å². The highest BCUT2D eigenvalue weighted by molar-refractivity contribution is 7.68. The molecule has 16 nitrogen and oxygen atoms in total. The molecular weight excluding hydrogens is 459 g/mol. The molecular formula is C10H18N5O11P3. The van der Waals surface area contributed by atoms with Crippen molar-refractivity contribution in [3.8, 4) is 0 Å². The number of fused-ring (bicyclic) bond motifs is 1. The molecule has 3 unspecified atom stereocenters. The van der Waals surface area contributed by atoms with Crippen molar-refractivity contribution in [3.05, 3.63) is 16.2 Å². The van der Waals surface area contributed by atoms with Crippen molar-refractivity contribution in [2.75, 3.05) is 12.1 Å². The molecule has 19 heteroatoms. The number of ether oxygens (including phenoxy) is 1. The Bertz CT molecular complexity index is 1110. The summed E-state index contributed by atoms with van der Waals surface area (Å²) in [7, 11) is -15.9. The molecule has 2 heterocycles. The minimum atomic E-state index is -5.54. The van der Waals surface area contributed by atoms with Crippen molar-refractivity contribution in [2.24, 2.45) is 0 Å². The summed E-state index contributed by atoms with van der Waals surface area (Å²) in [6.07, 6.45) is -1.93. The van der Waals surface area contributed by atoms with E-state index in [1.54, 1.807) is 6.92 Å². The molecule has 164 valence electrons. The van der Waals surface area contributed by atoms with Crippen LogP contribution in [-0.4, -0.2) is 51.5 Å². The smallest absolute Gasteiger partial charge is 0.369 e. The van der Waals surface area contributed by atoms with Crippen molar-refractivity contribution in [3.63, 3.8) is 0 Å². The van der Waals surface area contributed by atoms with Crippen LogP contribution in [0.1, 0.15) is 12.7 Å². The van der Waals surface area contributed by atoms with Gasteiger partial charge in [0.25, 0.3) is 5.56 Å². The molecule has 0 saturated carbocycles. The summed E-state index contributed by atoms with van der Waals surface area (Å²) < 4.78 is 47.7. The number of hydrogen-bond acceptors (Lipinski definition) is 10. The lowest BCUT2D eigenvalue weighted by molar-refractivity contribution is 0.0753. The van der Waals surface area contributed by atoms with Crippen LogP contribution in [0, 0.1) is 6.92 Å². The zero-order valence-electron chi connectivity index (χ0n) is 14.9. The zero-order chi connectivity index (χ0) is 22.2. The minimum absolute atomic E-state index is 0.00596. The molecule has 0 amide bonds. The summed E-state index contributed by atoms with van der Waals surface area (Å²) in [5, 5.41) is 0. The number of nitrogens with zero attached hydrogens (tertiary/aromatic N) is 3. The number of phosphoric acid groups is 2. The van der Waals surface area contributed by atoms with Crippen LogP contribution in [0.2, 0.25) is 0 Å². The molecule has 0 saturated heterocycles. The van der Waals surface area contributed by atoms with Gasteiger partial charge in [-0.25, -0.2) is 18.4 Å². The van der Waals surface area contributed by atoms with Gasteiger partial charge in [0.2, 0.25) is 5.95 Å². The van der Waals surface area contributed by atoms with Gasteiger partial charge in [-0.05, 0) is 13.8 Å². The maximum atomic E-state index is 11.9. The fourth-order valence-electron chi connectivity index (χ4n) is 2.22. The highest BCUT2D eigenvalue weighted by Gasteiger charge is 2.39. The van der Waals surface area contributed by atoms with Crippen molar-refractivity contribution in [1.82, 2.24) is 19.5 Å². The van der Waals surface area contributed by atoms with Crippen LogP contribution in [0.3, 0.4) is 0 Å². The first-order valence-corrected chi connectivity index (χ1v) is 12.3. The van der Waals surface area contributed by atoms with E-state index in [9.17, 15) is 23.4 Å². The molecule has 0 aliphatic rings. The van der Waals surface area contributed by atoms with Crippen molar-refractivity contribution < 1.29 is 46.6 Å². The lowest BCUT2D eigenvalue weighted by atomic mass is 10.4. The first-order chi connectivity index (χ1) is 13.1. The van der Waals surface area contributed by atoms with Gasteiger partial charge < -0.3 is 34.6 Å². The van der Waals surface area contributed by atoms with Crippen LogP contribution < -0.4 is 11.3 Å². The minimum Gasteiger partial charge on any atom is -0.369 e. The monoisotopic (exact) mass is 477 g/mol. The standard InChI is InChI=1S/C10H18N5O11P3/c1-5(24-4-27(17,18)25-29(22,23)26-28(19,20)21)3-15-6(2)12-7-8(15)13-10(11)14-9(7)16/h5H,3-4H2,1-2H3,(H,17,18)(H,22,23)(H2,19,20,21)(H3,11,13,14,16). The van der Waals surface area contributed by atoms with Crippen molar-refractivity contribution in [1.29, 1.82) is 0 Å². The quantitative estimate of drug-likeness (QED) is 0.256. The molecule has 2 rings (SSSR count). The molecule has 0 radical (unpaired) electrons. The number of anilines is 1. The second-order valence-electron chi connectivity index (χ2n) is 5.76. The number of nitrogens with two attached hydrogens (primary N) is 1. The Morgan fingerprint density at radius 1 is 1.17 bits per heavy atom. The number of nitrogens with one attached hydrogen (secondary N) is 1. The molecule has 2 aromatic heterocycles. The van der Waals surface area contributed by atoms with Gasteiger partial charge in [0.15, 0.2) is 11.2 Å². The molecule has 0 bridgehead atoms. The first-order valence-electron chi connectivity index (χ1n) is 7.55. The Morgan fingerprint density at radius 3 is 2.38 bits per heavy atom. The third kappa shape index (κ3) is 6.79. The summed E-state index contributed by atoms with van der Waals surface area (Å²) in [4.78, 5) is 57.9. The highest BCUT2D eigenvalue weighted by Crippen LogP contribution is 2.65. The topological polar surface area (TPSA) is 249 Å². The summed E-state index contributed by atoms with van der Waals surface area (Å²) in [5.74, 6) is 0.228. The highest BCUT2D eigenvalue weighted by atomic mass is 31.3. The summed E-state index contributed by atoms with van der Waals surface area (Å²) >= 11 is 0. The van der Waals surface area contributed by atoms with Crippen LogP contribution in [0.25, 0.3) is 11.2 Å². The van der Waals surface area contributed by atoms with Crippen LogP contribution in [0.4, 0.5) is 5.95 Å². The van der Waals surface area contributed by atoms with Gasteiger partial charge in [-0.15, -0.1) is 0 Å². The van der Waals surface area contributed by atoms with Crippen LogP contribution >= 0.6 is 23.2 Å². The van der Waals surface area contributed by atoms with Crippen LogP contribution in [0.15, 0.2) is 4.79 Å². The molecule has 0 fully saturated rings. The molecule has 7 N–H and O–H groups in total. The van der Waals surface area contributed by atoms with Crippen LogP contribution in [-0.2, 0) is 33.6 Å². The molecule has 0 aliphatic carbocycles. The second-order valence-corrected chi connectivity index (χ2v) is 10.5. The number of imidazole rings is 1. The molecule has 2 aromatic rings. The molecule has 29 heavy (non-hydrogen) atoms. The summed E-state index contributed by atoms with van der Waals surface area (Å²) in [5.41, 5.74) is 5.13. The van der Waals surface area contributed by atoms with Gasteiger partial charge in [-0.1, -0.05) is 0 Å². The number of nitrogen functional groups attached to an aromatic ring is 1. The van der Waals surface area contributed by atoms with E-state index in [-0.39, 0.29) is 23.7 Å². The third-order valence-electron chi connectivity index (χ3n) is 3.22. The predicted octanol–water partition coefficient (Wildman–Crippen LogP) is -0.215.